The Morgan fingerprint density at radius 3 is 2.91 bits per heavy atom. The minimum Gasteiger partial charge on any atom is -0.338 e. The van der Waals surface area contributed by atoms with E-state index >= 15 is 0 Å². The van der Waals surface area contributed by atoms with E-state index in [1.165, 1.54) is 30.2 Å². The Balaban J connectivity index is 2.03. The molecule has 110 valence electrons. The Labute approximate surface area is 129 Å². The van der Waals surface area contributed by atoms with E-state index in [-0.39, 0.29) is 5.69 Å². The topological polar surface area (TPSA) is 107 Å². The third-order valence-corrected chi connectivity index (χ3v) is 3.42. The van der Waals surface area contributed by atoms with Gasteiger partial charge in [0.15, 0.2) is 11.0 Å². The molecule has 9 heteroatoms. The Morgan fingerprint density at radius 1 is 1.27 bits per heavy atom. The molecule has 3 aromatic rings. The number of fused-ring (bicyclic) bond motifs is 1. The smallest absolute Gasteiger partial charge is 0.271 e. The highest BCUT2D eigenvalue weighted by Crippen LogP contribution is 2.24. The Bertz CT molecular complexity index is 857. The van der Waals surface area contributed by atoms with Gasteiger partial charge in [-0.25, -0.2) is 19.9 Å². The minimum absolute atomic E-state index is 0.00258. The average Bonchev–Trinajstić information content (AvgIpc) is 2.55. The number of non-ortho nitro benzene ring substituents is 1. The maximum Gasteiger partial charge on any atom is 0.271 e. The summed E-state index contributed by atoms with van der Waals surface area (Å²) in [4.78, 5) is 27.2. The average molecular weight is 314 g/mol. The zero-order valence-corrected chi connectivity index (χ0v) is 12.2. The van der Waals surface area contributed by atoms with Crippen molar-refractivity contribution in [2.75, 3.05) is 11.6 Å². The normalized spacial score (nSPS) is 10.6. The summed E-state index contributed by atoms with van der Waals surface area (Å²) in [6.07, 6.45) is 4.89. The predicted octanol–water partition coefficient (Wildman–Crippen LogP) is 2.79. The van der Waals surface area contributed by atoms with Gasteiger partial charge in [-0.2, -0.15) is 0 Å². The van der Waals surface area contributed by atoms with Crippen LogP contribution in [-0.2, 0) is 0 Å². The minimum atomic E-state index is -0.447. The number of nitrogens with one attached hydrogen (secondary N) is 1. The molecule has 0 radical (unpaired) electrons. The molecule has 0 amide bonds. The fourth-order valence-corrected chi connectivity index (χ4v) is 2.20. The number of hydrogen-bond donors (Lipinski definition) is 1. The molecular formula is C13H10N6O2S. The summed E-state index contributed by atoms with van der Waals surface area (Å²) in [6, 6.07) is 6.19. The molecule has 0 saturated carbocycles. The summed E-state index contributed by atoms with van der Waals surface area (Å²) in [5.74, 6) is 0.475. The van der Waals surface area contributed by atoms with Crippen LogP contribution in [0.5, 0.6) is 0 Å². The zero-order valence-electron chi connectivity index (χ0n) is 11.4. The number of hydrogen-bond acceptors (Lipinski definition) is 8. The second kappa shape index (κ2) is 5.90. The molecule has 2 aromatic heterocycles. The lowest BCUT2D eigenvalue weighted by molar-refractivity contribution is -0.384. The summed E-state index contributed by atoms with van der Waals surface area (Å²) in [5, 5.41) is 14.5. The maximum absolute atomic E-state index is 10.8. The molecule has 0 unspecified atom stereocenters. The van der Waals surface area contributed by atoms with Crippen molar-refractivity contribution in [2.45, 2.75) is 5.16 Å². The fraction of sp³-hybridized carbons (Fsp3) is 0.0769. The van der Waals surface area contributed by atoms with Crippen molar-refractivity contribution in [1.29, 1.82) is 0 Å². The highest BCUT2D eigenvalue weighted by molar-refractivity contribution is 7.98. The fourth-order valence-electron chi connectivity index (χ4n) is 1.86. The molecule has 1 aromatic carbocycles. The van der Waals surface area contributed by atoms with Crippen molar-refractivity contribution in [1.82, 2.24) is 19.9 Å². The van der Waals surface area contributed by atoms with Crippen LogP contribution >= 0.6 is 11.8 Å². The Kier molecular flexibility index (Phi) is 3.79. The van der Waals surface area contributed by atoms with Crippen LogP contribution in [0, 0.1) is 10.1 Å². The lowest BCUT2D eigenvalue weighted by atomic mass is 10.3. The molecule has 0 aliphatic heterocycles. The van der Waals surface area contributed by atoms with Gasteiger partial charge in [-0.1, -0.05) is 17.8 Å². The van der Waals surface area contributed by atoms with E-state index in [4.69, 9.17) is 0 Å². The van der Waals surface area contributed by atoms with Gasteiger partial charge in [-0.3, -0.25) is 10.1 Å². The highest BCUT2D eigenvalue weighted by atomic mass is 32.2. The van der Waals surface area contributed by atoms with Crippen molar-refractivity contribution in [2.24, 2.45) is 0 Å². The first-order valence-electron chi connectivity index (χ1n) is 6.20. The summed E-state index contributed by atoms with van der Waals surface area (Å²) in [7, 11) is 0. The van der Waals surface area contributed by atoms with Gasteiger partial charge < -0.3 is 5.32 Å². The van der Waals surface area contributed by atoms with E-state index in [2.05, 4.69) is 25.3 Å². The van der Waals surface area contributed by atoms with Gasteiger partial charge in [-0.15, -0.1) is 0 Å². The molecule has 0 aliphatic carbocycles. The second-order valence-electron chi connectivity index (χ2n) is 4.25. The van der Waals surface area contributed by atoms with Crippen molar-refractivity contribution >= 4 is 40.0 Å². The molecule has 2 heterocycles. The van der Waals surface area contributed by atoms with E-state index in [9.17, 15) is 10.1 Å². The summed E-state index contributed by atoms with van der Waals surface area (Å²) in [6.45, 7) is 0. The number of nitro groups is 1. The summed E-state index contributed by atoms with van der Waals surface area (Å²) < 4.78 is 0. The molecule has 3 rings (SSSR count). The molecule has 0 saturated heterocycles. The predicted molar refractivity (Wildman–Crippen MR) is 83.3 cm³/mol. The summed E-state index contributed by atoms with van der Waals surface area (Å²) >= 11 is 1.41. The van der Waals surface area contributed by atoms with Crippen molar-refractivity contribution < 1.29 is 4.92 Å². The van der Waals surface area contributed by atoms with Gasteiger partial charge in [0, 0.05) is 17.8 Å². The maximum atomic E-state index is 10.8. The molecular weight excluding hydrogens is 304 g/mol. The molecule has 0 fully saturated rings. The SMILES string of the molecule is CSc1ncc2ncnc(Nc3cccc([N+](=O)[O-])c3)c2n1. The van der Waals surface area contributed by atoms with Gasteiger partial charge in [0.1, 0.15) is 17.4 Å². The number of rotatable bonds is 4. The van der Waals surface area contributed by atoms with Gasteiger partial charge in [0.05, 0.1) is 11.1 Å². The van der Waals surface area contributed by atoms with Crippen LogP contribution in [0.25, 0.3) is 11.0 Å². The summed E-state index contributed by atoms with van der Waals surface area (Å²) in [5.41, 5.74) is 1.72. The lowest BCUT2D eigenvalue weighted by Gasteiger charge is -2.07. The van der Waals surface area contributed by atoms with Gasteiger partial charge in [0.25, 0.3) is 5.69 Å². The van der Waals surface area contributed by atoms with E-state index in [0.717, 1.165) is 0 Å². The molecule has 0 aliphatic rings. The van der Waals surface area contributed by atoms with E-state index < -0.39 is 4.92 Å². The van der Waals surface area contributed by atoms with Crippen LogP contribution in [0.2, 0.25) is 0 Å². The quantitative estimate of drug-likeness (QED) is 0.339. The van der Waals surface area contributed by atoms with Crippen LogP contribution in [0.4, 0.5) is 17.2 Å². The third-order valence-electron chi connectivity index (χ3n) is 2.86. The van der Waals surface area contributed by atoms with E-state index in [0.29, 0.717) is 27.7 Å². The standard InChI is InChI=1S/C13H10N6O2S/c1-22-13-14-6-10-11(18-13)12(16-7-15-10)17-8-3-2-4-9(5-8)19(20)21/h2-7H,1H3,(H,15,16,17). The van der Waals surface area contributed by atoms with Gasteiger partial charge in [0.2, 0.25) is 0 Å². The number of anilines is 2. The van der Waals surface area contributed by atoms with E-state index in [1.54, 1.807) is 18.3 Å². The molecule has 0 spiro atoms. The second-order valence-corrected chi connectivity index (χ2v) is 5.02. The van der Waals surface area contributed by atoms with Crippen LogP contribution < -0.4 is 5.32 Å². The Hall–Kier alpha value is -2.81. The number of benzene rings is 1. The molecule has 1 N–H and O–H groups in total. The largest absolute Gasteiger partial charge is 0.338 e. The number of nitrogens with zero attached hydrogens (tertiary/aromatic N) is 5. The number of nitro benzene ring substituents is 1. The molecule has 0 atom stereocenters. The van der Waals surface area contributed by atoms with Crippen LogP contribution in [0.3, 0.4) is 0 Å². The third kappa shape index (κ3) is 2.79. The first-order chi connectivity index (χ1) is 10.7. The number of thioether (sulfide) groups is 1. The van der Waals surface area contributed by atoms with Crippen molar-refractivity contribution in [3.8, 4) is 0 Å². The van der Waals surface area contributed by atoms with Gasteiger partial charge >= 0.3 is 0 Å². The molecule has 8 nitrogen and oxygen atoms in total. The molecule has 0 bridgehead atoms. The van der Waals surface area contributed by atoms with Gasteiger partial charge in [-0.05, 0) is 12.3 Å². The molecule has 22 heavy (non-hydrogen) atoms. The highest BCUT2D eigenvalue weighted by Gasteiger charge is 2.10. The van der Waals surface area contributed by atoms with E-state index in [1.807, 2.05) is 6.26 Å². The van der Waals surface area contributed by atoms with Crippen molar-refractivity contribution in [3.63, 3.8) is 0 Å². The Morgan fingerprint density at radius 2 is 2.14 bits per heavy atom. The van der Waals surface area contributed by atoms with Crippen molar-refractivity contribution in [3.05, 3.63) is 46.9 Å². The van der Waals surface area contributed by atoms with Crippen LogP contribution in [-0.4, -0.2) is 31.1 Å². The zero-order chi connectivity index (χ0) is 15.5. The number of aromatic nitrogens is 4. The van der Waals surface area contributed by atoms with Crippen LogP contribution in [0.1, 0.15) is 0 Å². The monoisotopic (exact) mass is 314 g/mol. The van der Waals surface area contributed by atoms with Crippen LogP contribution in [0.15, 0.2) is 41.9 Å². The first kappa shape index (κ1) is 14.1. The first-order valence-corrected chi connectivity index (χ1v) is 7.43. The lowest BCUT2D eigenvalue weighted by Crippen LogP contribution is -1.99.